The van der Waals surface area contributed by atoms with Gasteiger partial charge in [0.15, 0.2) is 0 Å². The first kappa shape index (κ1) is 13.5. The van der Waals surface area contributed by atoms with Crippen molar-refractivity contribution < 1.29 is 4.39 Å². The molecule has 0 spiro atoms. The Morgan fingerprint density at radius 1 is 1.14 bits per heavy atom. The fraction of sp³-hybridized carbons (Fsp3) is 0.176. The third-order valence-electron chi connectivity index (χ3n) is 3.56. The van der Waals surface area contributed by atoms with Gasteiger partial charge in [0, 0.05) is 24.2 Å². The maximum absolute atomic E-state index is 13.0. The van der Waals surface area contributed by atoms with E-state index >= 15 is 0 Å². The number of halogens is 1. The Morgan fingerprint density at radius 3 is 2.67 bits per heavy atom. The predicted molar refractivity (Wildman–Crippen MR) is 83.9 cm³/mol. The molecule has 0 atom stereocenters. The van der Waals surface area contributed by atoms with Crippen molar-refractivity contribution in [2.75, 3.05) is 12.4 Å². The molecule has 3 nitrogen and oxygen atoms in total. The van der Waals surface area contributed by atoms with Crippen LogP contribution in [0.5, 0.6) is 0 Å². The molecular weight excluding hydrogens is 265 g/mol. The van der Waals surface area contributed by atoms with Crippen molar-refractivity contribution in [1.82, 2.24) is 9.97 Å². The van der Waals surface area contributed by atoms with Crippen molar-refractivity contribution >= 4 is 16.6 Å². The van der Waals surface area contributed by atoms with Crippen LogP contribution >= 0.6 is 0 Å². The lowest BCUT2D eigenvalue weighted by atomic mass is 10.1. The molecule has 1 aromatic carbocycles. The van der Waals surface area contributed by atoms with Crippen molar-refractivity contribution in [2.24, 2.45) is 0 Å². The Labute approximate surface area is 122 Å². The van der Waals surface area contributed by atoms with Crippen molar-refractivity contribution in [2.45, 2.75) is 13.3 Å². The SMILES string of the molecule is CCc1ccc2cc(NC)c(-c3ccc(F)nc3)nc2c1. The zero-order valence-electron chi connectivity index (χ0n) is 12.0. The molecule has 2 aromatic heterocycles. The van der Waals surface area contributed by atoms with Crippen LogP contribution in [0.3, 0.4) is 0 Å². The number of nitrogens with zero attached hydrogens (tertiary/aromatic N) is 2. The summed E-state index contributed by atoms with van der Waals surface area (Å²) in [7, 11) is 1.85. The molecule has 3 aromatic rings. The molecule has 0 fully saturated rings. The van der Waals surface area contributed by atoms with Crippen LogP contribution < -0.4 is 5.32 Å². The zero-order chi connectivity index (χ0) is 14.8. The van der Waals surface area contributed by atoms with Crippen LogP contribution in [0.2, 0.25) is 0 Å². The number of hydrogen-bond donors (Lipinski definition) is 1. The highest BCUT2D eigenvalue weighted by molar-refractivity contribution is 5.89. The molecular formula is C17H16FN3. The van der Waals surface area contributed by atoms with Crippen molar-refractivity contribution in [3.8, 4) is 11.3 Å². The van der Waals surface area contributed by atoms with Crippen molar-refractivity contribution in [3.63, 3.8) is 0 Å². The van der Waals surface area contributed by atoms with Gasteiger partial charge in [0.05, 0.1) is 16.9 Å². The lowest BCUT2D eigenvalue weighted by Crippen LogP contribution is -1.97. The van der Waals surface area contributed by atoms with Crippen LogP contribution in [0.25, 0.3) is 22.2 Å². The Hall–Kier alpha value is -2.49. The van der Waals surface area contributed by atoms with Crippen LogP contribution in [0.15, 0.2) is 42.6 Å². The molecule has 0 unspecified atom stereocenters. The highest BCUT2D eigenvalue weighted by atomic mass is 19.1. The average Bonchev–Trinajstić information content (AvgIpc) is 2.53. The van der Waals surface area contributed by atoms with E-state index in [-0.39, 0.29) is 0 Å². The van der Waals surface area contributed by atoms with Crippen LogP contribution in [-0.2, 0) is 6.42 Å². The fourth-order valence-corrected chi connectivity index (χ4v) is 2.36. The largest absolute Gasteiger partial charge is 0.386 e. The van der Waals surface area contributed by atoms with Gasteiger partial charge in [0.25, 0.3) is 0 Å². The summed E-state index contributed by atoms with van der Waals surface area (Å²) in [4.78, 5) is 8.44. The number of benzene rings is 1. The average molecular weight is 281 g/mol. The second-order valence-electron chi connectivity index (χ2n) is 4.88. The monoisotopic (exact) mass is 281 g/mol. The lowest BCUT2D eigenvalue weighted by molar-refractivity contribution is 0.584. The van der Waals surface area contributed by atoms with Gasteiger partial charge < -0.3 is 5.32 Å². The van der Waals surface area contributed by atoms with E-state index in [1.807, 2.05) is 7.05 Å². The summed E-state index contributed by atoms with van der Waals surface area (Å²) in [6.07, 6.45) is 2.48. The topological polar surface area (TPSA) is 37.8 Å². The van der Waals surface area contributed by atoms with Gasteiger partial charge in [-0.05, 0) is 36.2 Å². The van der Waals surface area contributed by atoms with E-state index in [1.54, 1.807) is 6.07 Å². The number of anilines is 1. The van der Waals surface area contributed by atoms with Crippen LogP contribution in [0.1, 0.15) is 12.5 Å². The zero-order valence-corrected chi connectivity index (χ0v) is 12.0. The van der Waals surface area contributed by atoms with E-state index in [1.165, 1.54) is 17.8 Å². The first-order chi connectivity index (χ1) is 10.2. The molecule has 21 heavy (non-hydrogen) atoms. The second kappa shape index (κ2) is 5.48. The van der Waals surface area contributed by atoms with Gasteiger partial charge in [-0.15, -0.1) is 0 Å². The van der Waals surface area contributed by atoms with Crippen molar-refractivity contribution in [1.29, 1.82) is 0 Å². The van der Waals surface area contributed by atoms with Gasteiger partial charge in [0.1, 0.15) is 0 Å². The summed E-state index contributed by atoms with van der Waals surface area (Å²) < 4.78 is 13.0. The third kappa shape index (κ3) is 2.57. The first-order valence-electron chi connectivity index (χ1n) is 6.94. The lowest BCUT2D eigenvalue weighted by Gasteiger charge is -2.11. The van der Waals surface area contributed by atoms with E-state index in [2.05, 4.69) is 41.5 Å². The minimum Gasteiger partial charge on any atom is -0.386 e. The molecule has 4 heteroatoms. The minimum atomic E-state index is -0.487. The summed E-state index contributed by atoms with van der Waals surface area (Å²) >= 11 is 0. The maximum Gasteiger partial charge on any atom is 0.212 e. The summed E-state index contributed by atoms with van der Waals surface area (Å²) in [5.74, 6) is -0.487. The number of hydrogen-bond acceptors (Lipinski definition) is 3. The van der Waals surface area contributed by atoms with E-state index < -0.39 is 5.95 Å². The molecule has 1 N–H and O–H groups in total. The van der Waals surface area contributed by atoms with Gasteiger partial charge in [-0.3, -0.25) is 0 Å². The normalized spacial score (nSPS) is 10.8. The summed E-state index contributed by atoms with van der Waals surface area (Å²) in [6, 6.07) is 11.4. The summed E-state index contributed by atoms with van der Waals surface area (Å²) in [5.41, 5.74) is 4.67. The number of aromatic nitrogens is 2. The Morgan fingerprint density at radius 2 is 2.00 bits per heavy atom. The highest BCUT2D eigenvalue weighted by Crippen LogP contribution is 2.29. The molecule has 0 bridgehead atoms. The molecule has 2 heterocycles. The van der Waals surface area contributed by atoms with E-state index in [0.29, 0.717) is 0 Å². The highest BCUT2D eigenvalue weighted by Gasteiger charge is 2.09. The molecule has 0 amide bonds. The molecule has 3 rings (SSSR count). The Balaban J connectivity index is 2.21. The number of pyridine rings is 2. The molecule has 0 radical (unpaired) electrons. The fourth-order valence-electron chi connectivity index (χ4n) is 2.36. The first-order valence-corrected chi connectivity index (χ1v) is 6.94. The Kier molecular flexibility index (Phi) is 3.52. The quantitative estimate of drug-likeness (QED) is 0.736. The molecule has 0 saturated carbocycles. The number of fused-ring (bicyclic) bond motifs is 1. The molecule has 106 valence electrons. The third-order valence-corrected chi connectivity index (χ3v) is 3.56. The van der Waals surface area contributed by atoms with Gasteiger partial charge in [-0.25, -0.2) is 9.97 Å². The van der Waals surface area contributed by atoms with E-state index in [9.17, 15) is 4.39 Å². The van der Waals surface area contributed by atoms with Gasteiger partial charge >= 0.3 is 0 Å². The van der Waals surface area contributed by atoms with Gasteiger partial charge in [-0.2, -0.15) is 4.39 Å². The van der Waals surface area contributed by atoms with Crippen molar-refractivity contribution in [3.05, 3.63) is 54.1 Å². The number of aryl methyl sites for hydroxylation is 1. The standard InChI is InChI=1S/C17H16FN3/c1-3-11-4-5-12-9-15(19-2)17(21-14(12)8-11)13-6-7-16(18)20-10-13/h4-10,19H,3H2,1-2H3. The second-order valence-corrected chi connectivity index (χ2v) is 4.88. The van der Waals surface area contributed by atoms with Gasteiger partial charge in [0.2, 0.25) is 5.95 Å². The molecule has 0 saturated heterocycles. The maximum atomic E-state index is 13.0. The molecule has 0 aliphatic rings. The Bertz CT molecular complexity index is 782. The summed E-state index contributed by atoms with van der Waals surface area (Å²) in [6.45, 7) is 2.12. The smallest absolute Gasteiger partial charge is 0.212 e. The van der Waals surface area contributed by atoms with Crippen LogP contribution in [-0.4, -0.2) is 17.0 Å². The molecule has 0 aliphatic carbocycles. The van der Waals surface area contributed by atoms with E-state index in [4.69, 9.17) is 4.98 Å². The van der Waals surface area contributed by atoms with Crippen LogP contribution in [0.4, 0.5) is 10.1 Å². The van der Waals surface area contributed by atoms with E-state index in [0.717, 1.165) is 34.3 Å². The minimum absolute atomic E-state index is 0.487. The number of rotatable bonds is 3. The number of nitrogens with one attached hydrogen (secondary N) is 1. The van der Waals surface area contributed by atoms with Gasteiger partial charge in [-0.1, -0.05) is 19.1 Å². The predicted octanol–water partition coefficient (Wildman–Crippen LogP) is 4.04. The summed E-state index contributed by atoms with van der Waals surface area (Å²) in [5, 5.41) is 4.22. The van der Waals surface area contributed by atoms with Crippen LogP contribution in [0, 0.1) is 5.95 Å². The molecule has 0 aliphatic heterocycles.